The van der Waals surface area contributed by atoms with Crippen LogP contribution in [0.3, 0.4) is 0 Å². The van der Waals surface area contributed by atoms with Crippen LogP contribution in [0.4, 0.5) is 5.13 Å². The van der Waals surface area contributed by atoms with Gasteiger partial charge in [-0.3, -0.25) is 0 Å². The smallest absolute Gasteiger partial charge is 0.186 e. The summed E-state index contributed by atoms with van der Waals surface area (Å²) in [4.78, 5) is 6.73. The first-order valence-electron chi connectivity index (χ1n) is 4.78. The second-order valence-electron chi connectivity index (χ2n) is 3.81. The monoisotopic (exact) mass is 275 g/mol. The minimum atomic E-state index is 0.295. The summed E-state index contributed by atoms with van der Waals surface area (Å²) in [6.45, 7) is 4.23. The van der Waals surface area contributed by atoms with E-state index in [1.54, 1.807) is 11.3 Å². The van der Waals surface area contributed by atoms with E-state index in [0.29, 0.717) is 12.0 Å². The van der Waals surface area contributed by atoms with Gasteiger partial charge in [0.15, 0.2) is 5.13 Å². The zero-order valence-electron chi connectivity index (χ0n) is 8.11. The van der Waals surface area contributed by atoms with E-state index in [1.165, 1.54) is 6.42 Å². The SMILES string of the molecule is CC(N)C1CCN(c2nc(Br)cs2)C1. The number of rotatable bonds is 2. The first-order chi connectivity index (χ1) is 6.66. The number of hydrogen-bond donors (Lipinski definition) is 1. The second kappa shape index (κ2) is 4.16. The van der Waals surface area contributed by atoms with Crippen molar-refractivity contribution in [2.75, 3.05) is 18.0 Å². The Morgan fingerprint density at radius 1 is 1.79 bits per heavy atom. The summed E-state index contributed by atoms with van der Waals surface area (Å²) in [6, 6.07) is 0.295. The van der Waals surface area contributed by atoms with Crippen LogP contribution in [0.2, 0.25) is 0 Å². The van der Waals surface area contributed by atoms with Crippen molar-refractivity contribution in [1.29, 1.82) is 0 Å². The molecular formula is C9H14BrN3S. The molecule has 1 aromatic rings. The lowest BCUT2D eigenvalue weighted by atomic mass is 10.0. The fourth-order valence-corrected chi connectivity index (χ4v) is 3.07. The summed E-state index contributed by atoms with van der Waals surface area (Å²) in [5.74, 6) is 0.623. The molecule has 2 N–H and O–H groups in total. The molecule has 0 aromatic carbocycles. The zero-order chi connectivity index (χ0) is 10.1. The molecule has 78 valence electrons. The average Bonchev–Trinajstić information content (AvgIpc) is 2.70. The average molecular weight is 276 g/mol. The number of aromatic nitrogens is 1. The Morgan fingerprint density at radius 3 is 3.07 bits per heavy atom. The highest BCUT2D eigenvalue weighted by molar-refractivity contribution is 9.10. The van der Waals surface area contributed by atoms with Gasteiger partial charge < -0.3 is 10.6 Å². The number of anilines is 1. The van der Waals surface area contributed by atoms with E-state index in [0.717, 1.165) is 22.8 Å². The van der Waals surface area contributed by atoms with Crippen LogP contribution in [0, 0.1) is 5.92 Å². The van der Waals surface area contributed by atoms with Gasteiger partial charge in [0.25, 0.3) is 0 Å². The number of thiazole rings is 1. The lowest BCUT2D eigenvalue weighted by Gasteiger charge is -2.16. The van der Waals surface area contributed by atoms with Crippen molar-refractivity contribution in [3.05, 3.63) is 9.98 Å². The standard InChI is InChI=1S/C9H14BrN3S/c1-6(11)7-2-3-13(4-7)9-12-8(10)5-14-9/h5-7H,2-4,11H2,1H3. The van der Waals surface area contributed by atoms with Crippen molar-refractivity contribution in [3.8, 4) is 0 Å². The maximum atomic E-state index is 5.89. The molecule has 2 unspecified atom stereocenters. The van der Waals surface area contributed by atoms with Gasteiger partial charge in [-0.25, -0.2) is 4.98 Å². The third kappa shape index (κ3) is 2.10. The van der Waals surface area contributed by atoms with E-state index in [-0.39, 0.29) is 0 Å². The number of halogens is 1. The summed E-state index contributed by atoms with van der Waals surface area (Å²) in [5, 5.41) is 3.13. The van der Waals surface area contributed by atoms with Crippen molar-refractivity contribution in [2.45, 2.75) is 19.4 Å². The molecule has 0 saturated carbocycles. The van der Waals surface area contributed by atoms with Crippen LogP contribution in [0.1, 0.15) is 13.3 Å². The second-order valence-corrected chi connectivity index (χ2v) is 5.46. The molecule has 1 aliphatic heterocycles. The van der Waals surface area contributed by atoms with Gasteiger partial charge in [-0.2, -0.15) is 0 Å². The van der Waals surface area contributed by atoms with Crippen LogP contribution in [0.25, 0.3) is 0 Å². The molecule has 3 nitrogen and oxygen atoms in total. The molecule has 5 heteroatoms. The van der Waals surface area contributed by atoms with Crippen LogP contribution in [-0.2, 0) is 0 Å². The van der Waals surface area contributed by atoms with E-state index in [4.69, 9.17) is 5.73 Å². The maximum absolute atomic E-state index is 5.89. The van der Waals surface area contributed by atoms with Crippen LogP contribution >= 0.6 is 27.3 Å². The molecule has 0 radical (unpaired) electrons. The normalized spacial score (nSPS) is 24.2. The Morgan fingerprint density at radius 2 is 2.57 bits per heavy atom. The molecule has 2 heterocycles. The van der Waals surface area contributed by atoms with Crippen molar-refractivity contribution in [3.63, 3.8) is 0 Å². The summed E-state index contributed by atoms with van der Waals surface area (Å²) in [6.07, 6.45) is 1.19. The van der Waals surface area contributed by atoms with E-state index >= 15 is 0 Å². The van der Waals surface area contributed by atoms with Gasteiger partial charge in [0.05, 0.1) is 0 Å². The quantitative estimate of drug-likeness (QED) is 0.899. The summed E-state index contributed by atoms with van der Waals surface area (Å²) in [5.41, 5.74) is 5.89. The number of nitrogens with zero attached hydrogens (tertiary/aromatic N) is 2. The van der Waals surface area contributed by atoms with Gasteiger partial charge in [0, 0.05) is 24.5 Å². The van der Waals surface area contributed by atoms with Gasteiger partial charge in [-0.15, -0.1) is 11.3 Å². The molecule has 0 bridgehead atoms. The Kier molecular flexibility index (Phi) is 3.09. The minimum Gasteiger partial charge on any atom is -0.348 e. The van der Waals surface area contributed by atoms with Crippen LogP contribution in [0.5, 0.6) is 0 Å². The molecule has 1 fully saturated rings. The van der Waals surface area contributed by atoms with Crippen molar-refractivity contribution >= 4 is 32.4 Å². The minimum absolute atomic E-state index is 0.295. The molecule has 1 aliphatic rings. The molecular weight excluding hydrogens is 262 g/mol. The highest BCUT2D eigenvalue weighted by Crippen LogP contribution is 2.29. The lowest BCUT2D eigenvalue weighted by Crippen LogP contribution is -2.29. The van der Waals surface area contributed by atoms with Crippen molar-refractivity contribution in [2.24, 2.45) is 11.7 Å². The molecule has 0 amide bonds. The zero-order valence-corrected chi connectivity index (χ0v) is 10.5. The van der Waals surface area contributed by atoms with E-state index < -0.39 is 0 Å². The molecule has 2 rings (SSSR count). The maximum Gasteiger partial charge on any atom is 0.186 e. The van der Waals surface area contributed by atoms with Gasteiger partial charge in [0.2, 0.25) is 0 Å². The van der Waals surface area contributed by atoms with Crippen molar-refractivity contribution < 1.29 is 0 Å². The summed E-state index contributed by atoms with van der Waals surface area (Å²) >= 11 is 5.06. The highest BCUT2D eigenvalue weighted by Gasteiger charge is 2.26. The first kappa shape index (κ1) is 10.4. The third-order valence-electron chi connectivity index (χ3n) is 2.70. The Hall–Kier alpha value is -0.130. The molecule has 1 saturated heterocycles. The fourth-order valence-electron chi connectivity index (χ4n) is 1.78. The molecule has 1 aromatic heterocycles. The van der Waals surface area contributed by atoms with Crippen LogP contribution in [0.15, 0.2) is 9.98 Å². The van der Waals surface area contributed by atoms with E-state index in [2.05, 4.69) is 32.7 Å². The van der Waals surface area contributed by atoms with Gasteiger partial charge >= 0.3 is 0 Å². The fraction of sp³-hybridized carbons (Fsp3) is 0.667. The molecule has 0 spiro atoms. The topological polar surface area (TPSA) is 42.1 Å². The summed E-state index contributed by atoms with van der Waals surface area (Å²) in [7, 11) is 0. The molecule has 14 heavy (non-hydrogen) atoms. The largest absolute Gasteiger partial charge is 0.348 e. The Balaban J connectivity index is 2.02. The third-order valence-corrected chi connectivity index (χ3v) is 4.31. The molecule has 2 atom stereocenters. The molecule has 0 aliphatic carbocycles. The van der Waals surface area contributed by atoms with Gasteiger partial charge in [-0.05, 0) is 35.2 Å². The lowest BCUT2D eigenvalue weighted by molar-refractivity contribution is 0.488. The first-order valence-corrected chi connectivity index (χ1v) is 6.45. The number of nitrogens with two attached hydrogens (primary N) is 1. The van der Waals surface area contributed by atoms with Gasteiger partial charge in [0.1, 0.15) is 4.60 Å². The summed E-state index contributed by atoms with van der Waals surface area (Å²) < 4.78 is 0.932. The van der Waals surface area contributed by atoms with Crippen LogP contribution in [-0.4, -0.2) is 24.1 Å². The van der Waals surface area contributed by atoms with Crippen molar-refractivity contribution in [1.82, 2.24) is 4.98 Å². The van der Waals surface area contributed by atoms with Crippen LogP contribution < -0.4 is 10.6 Å². The highest BCUT2D eigenvalue weighted by atomic mass is 79.9. The number of hydrogen-bond acceptors (Lipinski definition) is 4. The predicted molar refractivity (Wildman–Crippen MR) is 63.8 cm³/mol. The Labute approximate surface area is 96.4 Å². The predicted octanol–water partition coefficient (Wildman–Crippen LogP) is 2.08. The van der Waals surface area contributed by atoms with Gasteiger partial charge in [-0.1, -0.05) is 0 Å². The van der Waals surface area contributed by atoms with E-state index in [9.17, 15) is 0 Å². The van der Waals surface area contributed by atoms with E-state index in [1.807, 2.05) is 5.38 Å². The Bertz CT molecular complexity index is 313.